The number of hydrogen-bond donors (Lipinski definition) is 0. The molecule has 1 amide bonds. The lowest BCUT2D eigenvalue weighted by Gasteiger charge is -2.25. The summed E-state index contributed by atoms with van der Waals surface area (Å²) in [6, 6.07) is 4.72. The molecule has 0 saturated heterocycles. The van der Waals surface area contributed by atoms with Crippen molar-refractivity contribution < 1.29 is 9.18 Å². The Labute approximate surface area is 191 Å². The first-order valence-electron chi connectivity index (χ1n) is 8.17. The monoisotopic (exact) mass is 505 g/mol. The molecule has 3 rings (SSSR count). The summed E-state index contributed by atoms with van der Waals surface area (Å²) in [6.07, 6.45) is 1.55. The molecular formula is C17H14Cl6FN3O. The van der Waals surface area contributed by atoms with Crippen LogP contribution in [0.3, 0.4) is 0 Å². The van der Waals surface area contributed by atoms with Crippen molar-refractivity contribution in [3.8, 4) is 0 Å². The van der Waals surface area contributed by atoms with Crippen molar-refractivity contribution in [1.29, 1.82) is 0 Å². The zero-order valence-corrected chi connectivity index (χ0v) is 18.9. The van der Waals surface area contributed by atoms with Crippen LogP contribution in [0.1, 0.15) is 44.9 Å². The third-order valence-electron chi connectivity index (χ3n) is 4.39. The molecule has 1 aliphatic carbocycles. The van der Waals surface area contributed by atoms with Gasteiger partial charge in [-0.15, -0.1) is 0 Å². The number of nitrogens with zero attached hydrogens (tertiary/aromatic N) is 3. The van der Waals surface area contributed by atoms with E-state index in [2.05, 4.69) is 5.10 Å². The standard InChI is InChI=1S/C17H14Cl6FN3O/c1-26-15(24)12(13(25-26)14(19)20)16(28)27(10-3-4-10)7-8-6-9(18)2-5-11(8)17(21,22)23/h2,5-6,10,14H,3-4,7H2,1H3. The number of amides is 1. The van der Waals surface area contributed by atoms with Crippen LogP contribution >= 0.6 is 69.6 Å². The molecule has 4 nitrogen and oxygen atoms in total. The van der Waals surface area contributed by atoms with Crippen molar-refractivity contribution in [2.24, 2.45) is 7.05 Å². The molecule has 0 N–H and O–H groups in total. The van der Waals surface area contributed by atoms with Crippen molar-refractivity contribution in [2.45, 2.75) is 34.1 Å². The van der Waals surface area contributed by atoms with Gasteiger partial charge in [-0.25, -0.2) is 4.68 Å². The van der Waals surface area contributed by atoms with Crippen LogP contribution < -0.4 is 0 Å². The number of aryl methyl sites for hydroxylation is 1. The van der Waals surface area contributed by atoms with E-state index >= 15 is 0 Å². The van der Waals surface area contributed by atoms with Gasteiger partial charge >= 0.3 is 0 Å². The minimum absolute atomic E-state index is 0.0355. The first kappa shape index (κ1) is 22.3. The minimum Gasteiger partial charge on any atom is -0.331 e. The number of halogens is 7. The molecule has 2 aromatic rings. The largest absolute Gasteiger partial charge is 0.331 e. The third-order valence-corrected chi connectivity index (χ3v) is 5.65. The molecule has 1 heterocycles. The fourth-order valence-electron chi connectivity index (χ4n) is 2.92. The molecular weight excluding hydrogens is 494 g/mol. The van der Waals surface area contributed by atoms with Crippen molar-refractivity contribution in [2.75, 3.05) is 0 Å². The molecule has 1 fully saturated rings. The second-order valence-corrected chi connectivity index (χ2v) is 10.3. The van der Waals surface area contributed by atoms with E-state index in [0.29, 0.717) is 16.1 Å². The van der Waals surface area contributed by atoms with Crippen LogP contribution in [0.2, 0.25) is 5.02 Å². The first-order valence-corrected chi connectivity index (χ1v) is 10.6. The Bertz CT molecular complexity index is 907. The Morgan fingerprint density at radius 3 is 2.54 bits per heavy atom. The Hall–Kier alpha value is -0.430. The zero-order chi connectivity index (χ0) is 20.8. The van der Waals surface area contributed by atoms with E-state index < -0.39 is 20.5 Å². The summed E-state index contributed by atoms with van der Waals surface area (Å²) in [4.78, 5) is 13.6. The van der Waals surface area contributed by atoms with Crippen LogP contribution in [0.5, 0.6) is 0 Å². The summed E-state index contributed by atoms with van der Waals surface area (Å²) in [5.41, 5.74) is 0.639. The van der Waals surface area contributed by atoms with Crippen molar-refractivity contribution in [1.82, 2.24) is 14.7 Å². The molecule has 28 heavy (non-hydrogen) atoms. The van der Waals surface area contributed by atoms with E-state index in [-0.39, 0.29) is 23.8 Å². The molecule has 152 valence electrons. The maximum absolute atomic E-state index is 14.6. The molecule has 0 bridgehead atoms. The molecule has 1 aromatic heterocycles. The van der Waals surface area contributed by atoms with Gasteiger partial charge in [0.15, 0.2) is 4.84 Å². The van der Waals surface area contributed by atoms with E-state index in [4.69, 9.17) is 69.6 Å². The number of carbonyl (C=O) groups excluding carboxylic acids is 1. The van der Waals surface area contributed by atoms with Crippen molar-refractivity contribution in [3.63, 3.8) is 0 Å². The highest BCUT2D eigenvalue weighted by molar-refractivity contribution is 6.66. The van der Waals surface area contributed by atoms with Crippen LogP contribution in [0.15, 0.2) is 18.2 Å². The normalized spacial score (nSPS) is 14.6. The average Bonchev–Trinajstić information content (AvgIpc) is 3.37. The second kappa shape index (κ2) is 8.37. The van der Waals surface area contributed by atoms with Crippen LogP contribution in [0.25, 0.3) is 0 Å². The lowest BCUT2D eigenvalue weighted by atomic mass is 10.1. The number of rotatable bonds is 5. The molecule has 0 spiro atoms. The van der Waals surface area contributed by atoms with Crippen molar-refractivity contribution in [3.05, 3.63) is 51.6 Å². The predicted molar refractivity (Wildman–Crippen MR) is 111 cm³/mol. The Balaban J connectivity index is 2.02. The van der Waals surface area contributed by atoms with Crippen LogP contribution in [0, 0.1) is 5.95 Å². The summed E-state index contributed by atoms with van der Waals surface area (Å²) in [7, 11) is 1.37. The van der Waals surface area contributed by atoms with Crippen LogP contribution in [-0.2, 0) is 17.4 Å². The lowest BCUT2D eigenvalue weighted by Crippen LogP contribution is -2.34. The van der Waals surface area contributed by atoms with Crippen molar-refractivity contribution >= 4 is 75.5 Å². The number of benzene rings is 1. The zero-order valence-electron chi connectivity index (χ0n) is 14.4. The lowest BCUT2D eigenvalue weighted by molar-refractivity contribution is 0.0723. The molecule has 1 aromatic carbocycles. The SMILES string of the molecule is Cn1nc(C(Cl)Cl)c(C(=O)N(Cc2cc(Cl)ccc2C(Cl)(Cl)Cl)C2CC2)c1F. The predicted octanol–water partition coefficient (Wildman–Crippen LogP) is 6.32. The first-order chi connectivity index (χ1) is 13.0. The highest BCUT2D eigenvalue weighted by Gasteiger charge is 2.38. The van der Waals surface area contributed by atoms with E-state index in [1.165, 1.54) is 11.9 Å². The van der Waals surface area contributed by atoms with Gasteiger partial charge in [0.1, 0.15) is 11.3 Å². The number of aromatic nitrogens is 2. The molecule has 0 unspecified atom stereocenters. The summed E-state index contributed by atoms with van der Waals surface area (Å²) < 4.78 is 13.8. The van der Waals surface area contributed by atoms with E-state index in [0.717, 1.165) is 17.5 Å². The van der Waals surface area contributed by atoms with Gasteiger partial charge in [0, 0.05) is 30.2 Å². The van der Waals surface area contributed by atoms with Gasteiger partial charge in [-0.3, -0.25) is 4.79 Å². The van der Waals surface area contributed by atoms with E-state index in [1.54, 1.807) is 18.2 Å². The summed E-state index contributed by atoms with van der Waals surface area (Å²) >= 11 is 36.1. The molecule has 0 aliphatic heterocycles. The summed E-state index contributed by atoms with van der Waals surface area (Å²) in [5, 5.41) is 4.34. The minimum atomic E-state index is -1.71. The van der Waals surface area contributed by atoms with E-state index in [9.17, 15) is 9.18 Å². The quantitative estimate of drug-likeness (QED) is 0.444. The maximum Gasteiger partial charge on any atom is 0.261 e. The Kier molecular flexibility index (Phi) is 6.65. The summed E-state index contributed by atoms with van der Waals surface area (Å²) in [5.74, 6) is -1.39. The van der Waals surface area contributed by atoms with E-state index in [1.807, 2.05) is 0 Å². The molecule has 1 aliphatic rings. The van der Waals surface area contributed by atoms with Crippen LogP contribution in [-0.4, -0.2) is 26.6 Å². The average molecular weight is 508 g/mol. The molecule has 11 heteroatoms. The maximum atomic E-state index is 14.6. The van der Waals surface area contributed by atoms with Crippen LogP contribution in [0.4, 0.5) is 4.39 Å². The fraction of sp³-hybridized carbons (Fsp3) is 0.412. The highest BCUT2D eigenvalue weighted by atomic mass is 35.6. The highest BCUT2D eigenvalue weighted by Crippen LogP contribution is 2.42. The van der Waals surface area contributed by atoms with Gasteiger partial charge in [-0.2, -0.15) is 9.49 Å². The van der Waals surface area contributed by atoms with Gasteiger partial charge in [0.25, 0.3) is 5.91 Å². The number of hydrogen-bond acceptors (Lipinski definition) is 2. The number of alkyl halides is 5. The Morgan fingerprint density at radius 1 is 1.36 bits per heavy atom. The second-order valence-electron chi connectivity index (χ2n) is 6.44. The van der Waals surface area contributed by atoms with Gasteiger partial charge in [0.05, 0.1) is 0 Å². The van der Waals surface area contributed by atoms with Gasteiger partial charge in [0.2, 0.25) is 9.74 Å². The fourth-order valence-corrected chi connectivity index (χ4v) is 3.98. The summed E-state index contributed by atoms with van der Waals surface area (Å²) in [6.45, 7) is 0.0797. The molecule has 0 radical (unpaired) electrons. The molecule has 1 saturated carbocycles. The smallest absolute Gasteiger partial charge is 0.261 e. The van der Waals surface area contributed by atoms with Gasteiger partial charge in [-0.1, -0.05) is 75.7 Å². The third kappa shape index (κ3) is 4.66. The topological polar surface area (TPSA) is 38.1 Å². The van der Waals surface area contributed by atoms with Gasteiger partial charge < -0.3 is 4.90 Å². The molecule has 0 atom stereocenters. The Morgan fingerprint density at radius 2 is 2.00 bits per heavy atom. The number of carbonyl (C=O) groups is 1. The van der Waals surface area contributed by atoms with Gasteiger partial charge in [-0.05, 0) is 30.5 Å².